The number of carbonyl (C=O) groups excluding carboxylic acids is 1. The zero-order valence-corrected chi connectivity index (χ0v) is 12.4. The Morgan fingerprint density at radius 2 is 1.76 bits per heavy atom. The van der Waals surface area contributed by atoms with Crippen molar-refractivity contribution < 1.29 is 34.1 Å². The number of aromatic carboxylic acids is 1. The number of ether oxygens (including phenoxy) is 1. The minimum Gasteiger partial charge on any atom is -0.710 e. The van der Waals surface area contributed by atoms with Crippen LogP contribution in [0.25, 0.3) is 11.0 Å². The predicted octanol–water partition coefficient (Wildman–Crippen LogP) is 1.72. The Hall–Kier alpha value is -3.88. The average Bonchev–Trinajstić information content (AvgIpc) is 2.96. The van der Waals surface area contributed by atoms with Gasteiger partial charge in [0.25, 0.3) is 0 Å². The van der Waals surface area contributed by atoms with Crippen molar-refractivity contribution in [3.8, 4) is 5.75 Å². The molecule has 0 aliphatic heterocycles. The Kier molecular flexibility index (Phi) is 3.82. The van der Waals surface area contributed by atoms with Crippen molar-refractivity contribution in [2.24, 2.45) is 0 Å². The van der Waals surface area contributed by atoms with Crippen molar-refractivity contribution in [3.63, 3.8) is 0 Å². The zero-order valence-electron chi connectivity index (χ0n) is 12.4. The van der Waals surface area contributed by atoms with Crippen LogP contribution in [0.5, 0.6) is 5.75 Å². The van der Waals surface area contributed by atoms with E-state index >= 15 is 0 Å². The topological polar surface area (TPSA) is 133 Å². The number of pyridine rings is 1. The third-order valence-electron chi connectivity index (χ3n) is 3.38. The lowest BCUT2D eigenvalue weighted by atomic mass is 10.2. The Labute approximate surface area is 139 Å². The highest BCUT2D eigenvalue weighted by molar-refractivity contribution is 5.98. The van der Waals surface area contributed by atoms with Crippen LogP contribution in [0.4, 0.5) is 4.79 Å². The molecule has 0 bridgehead atoms. The summed E-state index contributed by atoms with van der Waals surface area (Å²) < 4.78 is 5.59. The van der Waals surface area contributed by atoms with Gasteiger partial charge in [0.1, 0.15) is 6.20 Å². The van der Waals surface area contributed by atoms with Crippen LogP contribution >= 0.6 is 0 Å². The van der Waals surface area contributed by atoms with E-state index in [9.17, 15) is 19.6 Å². The Morgan fingerprint density at radius 1 is 1.08 bits per heavy atom. The number of nitrogens with zero attached hydrogens (tertiary/aromatic N) is 2. The van der Waals surface area contributed by atoms with Crippen LogP contribution in [0.1, 0.15) is 20.8 Å². The van der Waals surface area contributed by atoms with Crippen molar-refractivity contribution in [2.75, 3.05) is 0 Å². The number of carboxylic acids is 1. The highest BCUT2D eigenvalue weighted by Gasteiger charge is 2.29. The van der Waals surface area contributed by atoms with Crippen LogP contribution in [0.3, 0.4) is 0 Å². The molecular formula is C16H10N2O7. The minimum atomic E-state index is -1.62. The molecule has 0 saturated heterocycles. The molecule has 0 fully saturated rings. The molecule has 2 aromatic heterocycles. The molecule has 2 heterocycles. The Bertz CT molecular complexity index is 1010. The number of carboxylic acid groups (broad SMARTS) is 2. The van der Waals surface area contributed by atoms with Gasteiger partial charge in [0.2, 0.25) is 5.69 Å². The number of carbonyl (C=O) groups is 3. The molecule has 126 valence electrons. The van der Waals surface area contributed by atoms with Crippen molar-refractivity contribution >= 4 is 29.1 Å². The largest absolute Gasteiger partial charge is 0.710 e. The van der Waals surface area contributed by atoms with E-state index < -0.39 is 29.4 Å². The maximum atomic E-state index is 12.1. The molecule has 1 aromatic carbocycles. The van der Waals surface area contributed by atoms with E-state index in [4.69, 9.17) is 14.9 Å². The zero-order chi connectivity index (χ0) is 18.1. The van der Waals surface area contributed by atoms with E-state index in [1.54, 1.807) is 18.2 Å². The third-order valence-corrected chi connectivity index (χ3v) is 3.38. The number of rotatable bonds is 3. The van der Waals surface area contributed by atoms with Crippen molar-refractivity contribution in [3.05, 3.63) is 65.1 Å². The van der Waals surface area contributed by atoms with E-state index in [0.29, 0.717) is 4.57 Å². The first kappa shape index (κ1) is 16.0. The van der Waals surface area contributed by atoms with Gasteiger partial charge in [-0.2, -0.15) is 4.79 Å². The standard InChI is InChI=1S/C16H10N2O7/c19-14(20)12-7-10-6-11(8-17(24)13(10)18(12)16(22)23)25-15(21)9-4-2-1-3-5-9/h1-8H,(H,19,20)(H,22,23). The first-order valence-corrected chi connectivity index (χ1v) is 6.91. The van der Waals surface area contributed by atoms with E-state index in [0.717, 1.165) is 12.3 Å². The third kappa shape index (κ3) is 2.85. The summed E-state index contributed by atoms with van der Waals surface area (Å²) in [6.45, 7) is 0. The quantitative estimate of drug-likeness (QED) is 0.420. The molecular weight excluding hydrogens is 332 g/mol. The normalized spacial score (nSPS) is 10.6. The van der Waals surface area contributed by atoms with Crippen LogP contribution in [0, 0.1) is 5.21 Å². The van der Waals surface area contributed by atoms with Gasteiger partial charge in [0.15, 0.2) is 5.75 Å². The fourth-order valence-electron chi connectivity index (χ4n) is 2.37. The lowest BCUT2D eigenvalue weighted by Crippen LogP contribution is -2.31. The number of esters is 1. The highest BCUT2D eigenvalue weighted by Crippen LogP contribution is 2.22. The molecule has 0 aliphatic rings. The summed E-state index contributed by atoms with van der Waals surface area (Å²) in [5.74, 6) is -2.37. The van der Waals surface area contributed by atoms with Gasteiger partial charge < -0.3 is 20.2 Å². The van der Waals surface area contributed by atoms with Crippen LogP contribution < -0.4 is 9.47 Å². The maximum Gasteiger partial charge on any atom is 0.510 e. The van der Waals surface area contributed by atoms with Crippen molar-refractivity contribution in [1.82, 2.24) is 4.57 Å². The van der Waals surface area contributed by atoms with Gasteiger partial charge in [-0.05, 0) is 12.1 Å². The van der Waals surface area contributed by atoms with Crippen LogP contribution in [-0.4, -0.2) is 32.8 Å². The molecule has 0 atom stereocenters. The highest BCUT2D eigenvalue weighted by atomic mass is 16.5. The van der Waals surface area contributed by atoms with Crippen LogP contribution in [0.15, 0.2) is 48.7 Å². The number of hydrogen-bond donors (Lipinski definition) is 2. The molecule has 0 saturated carbocycles. The van der Waals surface area contributed by atoms with Gasteiger partial charge in [0, 0.05) is 12.1 Å². The van der Waals surface area contributed by atoms with E-state index in [1.165, 1.54) is 18.2 Å². The monoisotopic (exact) mass is 342 g/mol. The SMILES string of the molecule is O=C(Oc1cc2cc(C(=O)O)n(C(=O)O)c2[n+]([O-])c1)c1ccccc1. The molecule has 0 aliphatic carbocycles. The van der Waals surface area contributed by atoms with E-state index in [-0.39, 0.29) is 21.4 Å². The summed E-state index contributed by atoms with van der Waals surface area (Å²) in [6.07, 6.45) is -0.764. The second kappa shape index (κ2) is 5.96. The molecule has 3 aromatic rings. The predicted molar refractivity (Wildman–Crippen MR) is 82.7 cm³/mol. The summed E-state index contributed by atoms with van der Waals surface area (Å²) in [5, 5.41) is 30.4. The van der Waals surface area contributed by atoms with Gasteiger partial charge in [-0.15, -0.1) is 4.57 Å². The van der Waals surface area contributed by atoms with Gasteiger partial charge in [-0.3, -0.25) is 0 Å². The van der Waals surface area contributed by atoms with E-state index in [1.807, 2.05) is 0 Å². The first-order valence-electron chi connectivity index (χ1n) is 6.91. The average molecular weight is 342 g/mol. The van der Waals surface area contributed by atoms with Gasteiger partial charge >= 0.3 is 23.7 Å². The molecule has 3 rings (SSSR count). The fraction of sp³-hybridized carbons (Fsp3) is 0. The minimum absolute atomic E-state index is 0.00756. The second-order valence-electron chi connectivity index (χ2n) is 4.99. The molecule has 0 spiro atoms. The molecule has 0 radical (unpaired) electrons. The Morgan fingerprint density at radius 3 is 2.36 bits per heavy atom. The fourth-order valence-corrected chi connectivity index (χ4v) is 2.37. The van der Waals surface area contributed by atoms with Crippen molar-refractivity contribution in [2.45, 2.75) is 0 Å². The summed E-state index contributed by atoms with van der Waals surface area (Å²) in [4.78, 5) is 34.5. The molecule has 25 heavy (non-hydrogen) atoms. The van der Waals surface area contributed by atoms with E-state index in [2.05, 4.69) is 0 Å². The summed E-state index contributed by atoms with van der Waals surface area (Å²) in [6, 6.07) is 10.3. The van der Waals surface area contributed by atoms with Gasteiger partial charge in [-0.25, -0.2) is 14.3 Å². The first-order chi connectivity index (χ1) is 11.9. The lowest BCUT2D eigenvalue weighted by Gasteiger charge is -2.08. The lowest BCUT2D eigenvalue weighted by molar-refractivity contribution is -0.580. The van der Waals surface area contributed by atoms with Crippen molar-refractivity contribution in [1.29, 1.82) is 0 Å². The molecule has 9 heteroatoms. The summed E-state index contributed by atoms with van der Waals surface area (Å²) in [7, 11) is 0. The molecule has 2 N–H and O–H groups in total. The van der Waals surface area contributed by atoms with Crippen LogP contribution in [0.2, 0.25) is 0 Å². The van der Waals surface area contributed by atoms with Gasteiger partial charge in [0.05, 0.1) is 10.9 Å². The molecule has 0 unspecified atom stereocenters. The Balaban J connectivity index is 2.07. The maximum absolute atomic E-state index is 12.1. The molecule has 9 nitrogen and oxygen atoms in total. The smallest absolute Gasteiger partial charge is 0.510 e. The number of aromatic nitrogens is 2. The summed E-state index contributed by atoms with van der Waals surface area (Å²) >= 11 is 0. The molecule has 0 amide bonds. The number of fused-ring (bicyclic) bond motifs is 1. The second-order valence-corrected chi connectivity index (χ2v) is 4.99. The number of hydrogen-bond acceptors (Lipinski definition) is 5. The van der Waals surface area contributed by atoms with Crippen LogP contribution in [-0.2, 0) is 0 Å². The number of benzene rings is 1. The summed E-state index contributed by atoms with van der Waals surface area (Å²) in [5.41, 5.74) is -0.738. The van der Waals surface area contributed by atoms with Gasteiger partial charge in [-0.1, -0.05) is 18.2 Å².